The van der Waals surface area contributed by atoms with Gasteiger partial charge in [0.2, 0.25) is 11.8 Å². The van der Waals surface area contributed by atoms with Crippen LogP contribution in [0.4, 0.5) is 0 Å². The summed E-state index contributed by atoms with van der Waals surface area (Å²) >= 11 is 0. The van der Waals surface area contributed by atoms with Crippen LogP contribution in [0.5, 0.6) is 0 Å². The van der Waals surface area contributed by atoms with Gasteiger partial charge < -0.3 is 15.4 Å². The largest absolute Gasteiger partial charge is 0.368 e. The maximum Gasteiger partial charge on any atom is 0.273 e. The standard InChI is InChI=1S/C17H33N3O5/c1-8-25-12(15(22)20-24)11(9-10(2)3)14(21)19-13(16(23)18-7)17(4,5)6/h10-13,24H,8-9H2,1-7H3,(H,18,23)(H,19,21)(H,20,22). The highest BCUT2D eigenvalue weighted by atomic mass is 16.5. The van der Waals surface area contributed by atoms with Gasteiger partial charge >= 0.3 is 0 Å². The Hall–Kier alpha value is -1.67. The fraction of sp³-hybridized carbons (Fsp3) is 0.824. The van der Waals surface area contributed by atoms with E-state index in [2.05, 4.69) is 10.6 Å². The molecule has 0 aromatic rings. The minimum atomic E-state index is -1.14. The molecular weight excluding hydrogens is 326 g/mol. The first-order valence-corrected chi connectivity index (χ1v) is 8.57. The molecule has 0 radical (unpaired) electrons. The first-order chi connectivity index (χ1) is 11.5. The Morgan fingerprint density at radius 3 is 2.00 bits per heavy atom. The molecule has 0 saturated carbocycles. The highest BCUT2D eigenvalue weighted by molar-refractivity contribution is 5.92. The molecule has 0 bridgehead atoms. The number of amides is 3. The summed E-state index contributed by atoms with van der Waals surface area (Å²) in [6, 6.07) is -0.765. The number of ether oxygens (including phenoxy) is 1. The predicted octanol–water partition coefficient (Wildman–Crippen LogP) is 0.836. The Balaban J connectivity index is 5.59. The molecule has 0 aliphatic rings. The van der Waals surface area contributed by atoms with E-state index < -0.39 is 35.3 Å². The van der Waals surface area contributed by atoms with Crippen molar-refractivity contribution in [3.63, 3.8) is 0 Å². The van der Waals surface area contributed by atoms with Crippen molar-refractivity contribution in [1.82, 2.24) is 16.1 Å². The lowest BCUT2D eigenvalue weighted by Gasteiger charge is -2.33. The Bertz CT molecular complexity index is 460. The van der Waals surface area contributed by atoms with Crippen molar-refractivity contribution in [2.45, 2.75) is 60.1 Å². The second-order valence-corrected chi connectivity index (χ2v) is 7.51. The molecular formula is C17H33N3O5. The third-order valence-corrected chi connectivity index (χ3v) is 3.80. The topological polar surface area (TPSA) is 117 Å². The van der Waals surface area contributed by atoms with Gasteiger partial charge in [-0.05, 0) is 24.7 Å². The van der Waals surface area contributed by atoms with Crippen LogP contribution in [0.3, 0.4) is 0 Å². The monoisotopic (exact) mass is 359 g/mol. The highest BCUT2D eigenvalue weighted by Gasteiger charge is 2.39. The summed E-state index contributed by atoms with van der Waals surface area (Å²) in [4.78, 5) is 37.0. The lowest BCUT2D eigenvalue weighted by atomic mass is 9.84. The molecule has 146 valence electrons. The molecule has 8 heteroatoms. The summed E-state index contributed by atoms with van der Waals surface area (Å²) in [7, 11) is 1.50. The number of carbonyl (C=O) groups is 3. The van der Waals surface area contributed by atoms with Crippen molar-refractivity contribution in [2.75, 3.05) is 13.7 Å². The van der Waals surface area contributed by atoms with Crippen molar-refractivity contribution >= 4 is 17.7 Å². The van der Waals surface area contributed by atoms with E-state index in [0.29, 0.717) is 6.42 Å². The van der Waals surface area contributed by atoms with Crippen LogP contribution in [0.15, 0.2) is 0 Å². The van der Waals surface area contributed by atoms with Crippen LogP contribution in [0, 0.1) is 17.3 Å². The smallest absolute Gasteiger partial charge is 0.273 e. The molecule has 0 heterocycles. The zero-order valence-corrected chi connectivity index (χ0v) is 16.3. The zero-order chi connectivity index (χ0) is 19.8. The molecule has 4 N–H and O–H groups in total. The van der Waals surface area contributed by atoms with E-state index in [1.807, 2.05) is 34.6 Å². The van der Waals surface area contributed by atoms with Crippen LogP contribution in [0.25, 0.3) is 0 Å². The molecule has 0 fully saturated rings. The molecule has 0 rings (SSSR count). The SMILES string of the molecule is CCOC(C(=O)NO)C(CC(C)C)C(=O)NC(C(=O)NC)C(C)(C)C. The molecule has 25 heavy (non-hydrogen) atoms. The number of hydrogen-bond donors (Lipinski definition) is 4. The van der Waals surface area contributed by atoms with Gasteiger partial charge in [0, 0.05) is 13.7 Å². The van der Waals surface area contributed by atoms with E-state index >= 15 is 0 Å². The molecule has 0 aromatic heterocycles. The predicted molar refractivity (Wildman–Crippen MR) is 93.7 cm³/mol. The van der Waals surface area contributed by atoms with E-state index in [-0.39, 0.29) is 18.4 Å². The van der Waals surface area contributed by atoms with Gasteiger partial charge in [-0.1, -0.05) is 34.6 Å². The van der Waals surface area contributed by atoms with Crippen molar-refractivity contribution in [2.24, 2.45) is 17.3 Å². The van der Waals surface area contributed by atoms with Gasteiger partial charge in [0.25, 0.3) is 5.91 Å². The maximum absolute atomic E-state index is 12.9. The lowest BCUT2D eigenvalue weighted by Crippen LogP contribution is -2.56. The van der Waals surface area contributed by atoms with Crippen molar-refractivity contribution in [3.05, 3.63) is 0 Å². The Labute approximate surface area is 150 Å². The lowest BCUT2D eigenvalue weighted by molar-refractivity contribution is -0.151. The Morgan fingerprint density at radius 2 is 1.64 bits per heavy atom. The van der Waals surface area contributed by atoms with Gasteiger partial charge in [0.05, 0.1) is 5.92 Å². The average molecular weight is 359 g/mol. The maximum atomic E-state index is 12.9. The number of nitrogens with one attached hydrogen (secondary N) is 3. The first kappa shape index (κ1) is 23.3. The normalized spacial score (nSPS) is 15.2. The second kappa shape index (κ2) is 10.4. The minimum Gasteiger partial charge on any atom is -0.368 e. The average Bonchev–Trinajstić information content (AvgIpc) is 2.52. The number of likely N-dealkylation sites (N-methyl/N-ethyl adjacent to an activating group) is 1. The van der Waals surface area contributed by atoms with Gasteiger partial charge in [-0.3, -0.25) is 19.6 Å². The third-order valence-electron chi connectivity index (χ3n) is 3.80. The van der Waals surface area contributed by atoms with Crippen LogP contribution >= 0.6 is 0 Å². The fourth-order valence-electron chi connectivity index (χ4n) is 2.56. The summed E-state index contributed by atoms with van der Waals surface area (Å²) in [5.41, 5.74) is 1.04. The number of hydroxylamine groups is 1. The van der Waals surface area contributed by atoms with Crippen LogP contribution in [-0.2, 0) is 19.1 Å². The minimum absolute atomic E-state index is 0.110. The van der Waals surface area contributed by atoms with Gasteiger partial charge in [-0.2, -0.15) is 0 Å². The molecule has 0 saturated heterocycles. The third kappa shape index (κ3) is 7.39. The van der Waals surface area contributed by atoms with E-state index in [1.165, 1.54) is 7.05 Å². The van der Waals surface area contributed by atoms with Crippen LogP contribution in [0.2, 0.25) is 0 Å². The van der Waals surface area contributed by atoms with Gasteiger partial charge in [0.1, 0.15) is 12.1 Å². The van der Waals surface area contributed by atoms with E-state index in [1.54, 1.807) is 12.4 Å². The quantitative estimate of drug-likeness (QED) is 0.359. The molecule has 8 nitrogen and oxygen atoms in total. The van der Waals surface area contributed by atoms with Crippen molar-refractivity contribution in [3.8, 4) is 0 Å². The van der Waals surface area contributed by atoms with E-state index in [4.69, 9.17) is 9.94 Å². The first-order valence-electron chi connectivity index (χ1n) is 8.57. The summed E-state index contributed by atoms with van der Waals surface area (Å²) in [6.45, 7) is 11.3. The van der Waals surface area contributed by atoms with Crippen molar-refractivity contribution in [1.29, 1.82) is 0 Å². The molecule has 3 amide bonds. The summed E-state index contributed by atoms with van der Waals surface area (Å²) in [5.74, 6) is -2.28. The Kier molecular flexibility index (Phi) is 9.66. The Morgan fingerprint density at radius 1 is 1.08 bits per heavy atom. The molecule has 0 aliphatic heterocycles. The number of hydrogen-bond acceptors (Lipinski definition) is 5. The fourth-order valence-corrected chi connectivity index (χ4v) is 2.56. The molecule has 0 spiro atoms. The van der Waals surface area contributed by atoms with Gasteiger partial charge in [0.15, 0.2) is 0 Å². The van der Waals surface area contributed by atoms with Crippen LogP contribution < -0.4 is 16.1 Å². The summed E-state index contributed by atoms with van der Waals surface area (Å²) in [6.07, 6.45) is -0.767. The molecule has 3 unspecified atom stereocenters. The van der Waals surface area contributed by atoms with Gasteiger partial charge in [-0.15, -0.1) is 0 Å². The van der Waals surface area contributed by atoms with Gasteiger partial charge in [-0.25, -0.2) is 5.48 Å². The zero-order valence-electron chi connectivity index (χ0n) is 16.3. The second-order valence-electron chi connectivity index (χ2n) is 7.51. The number of rotatable bonds is 9. The highest BCUT2D eigenvalue weighted by Crippen LogP contribution is 2.23. The van der Waals surface area contributed by atoms with E-state index in [9.17, 15) is 14.4 Å². The van der Waals surface area contributed by atoms with Crippen molar-refractivity contribution < 1.29 is 24.3 Å². The summed E-state index contributed by atoms with van der Waals surface area (Å²) < 4.78 is 5.40. The molecule has 3 atom stereocenters. The van der Waals surface area contributed by atoms with Crippen LogP contribution in [-0.4, -0.2) is 48.7 Å². The molecule has 0 aromatic carbocycles. The molecule has 0 aliphatic carbocycles. The number of carbonyl (C=O) groups excluding carboxylic acids is 3. The summed E-state index contributed by atoms with van der Waals surface area (Å²) in [5, 5.41) is 14.2. The van der Waals surface area contributed by atoms with E-state index in [0.717, 1.165) is 0 Å². The van der Waals surface area contributed by atoms with Crippen LogP contribution in [0.1, 0.15) is 48.0 Å².